The molecular weight excluding hydrogens is 364 g/mol. The van der Waals surface area contributed by atoms with Crippen LogP contribution >= 0.6 is 0 Å². The lowest BCUT2D eigenvalue weighted by atomic mass is 9.89. The summed E-state index contributed by atoms with van der Waals surface area (Å²) in [5, 5.41) is 0. The molecule has 3 heterocycles. The van der Waals surface area contributed by atoms with E-state index in [9.17, 15) is 18.4 Å². The molecule has 5 nitrogen and oxygen atoms in total. The second-order valence-electron chi connectivity index (χ2n) is 7.38. The number of carbonyl (C=O) groups is 2. The molecule has 0 bridgehead atoms. The minimum absolute atomic E-state index is 0.0260. The van der Waals surface area contributed by atoms with Crippen molar-refractivity contribution in [3.05, 3.63) is 59.9 Å². The Morgan fingerprint density at radius 1 is 1.07 bits per heavy atom. The molecule has 28 heavy (non-hydrogen) atoms. The van der Waals surface area contributed by atoms with Crippen molar-refractivity contribution >= 4 is 17.5 Å². The first kappa shape index (κ1) is 18.5. The molecule has 4 rings (SSSR count). The number of halogens is 2. The van der Waals surface area contributed by atoms with Crippen LogP contribution in [0.4, 0.5) is 14.5 Å². The molecule has 0 saturated carbocycles. The summed E-state index contributed by atoms with van der Waals surface area (Å²) < 4.78 is 27.2. The first-order valence-electron chi connectivity index (χ1n) is 9.47. The van der Waals surface area contributed by atoms with E-state index in [2.05, 4.69) is 4.98 Å². The van der Waals surface area contributed by atoms with Gasteiger partial charge in [-0.15, -0.1) is 0 Å². The molecule has 2 aliphatic rings. The van der Waals surface area contributed by atoms with Crippen LogP contribution in [0.1, 0.15) is 30.7 Å². The molecule has 1 atom stereocenters. The quantitative estimate of drug-likeness (QED) is 0.816. The number of carbonyl (C=O) groups excluding carboxylic acids is 2. The second-order valence-corrected chi connectivity index (χ2v) is 7.38. The zero-order valence-corrected chi connectivity index (χ0v) is 15.4. The molecule has 0 radical (unpaired) electrons. The molecule has 0 N–H and O–H groups in total. The number of piperidine rings is 1. The number of anilines is 1. The van der Waals surface area contributed by atoms with Crippen LogP contribution in [-0.4, -0.2) is 41.3 Å². The van der Waals surface area contributed by atoms with Crippen molar-refractivity contribution in [1.29, 1.82) is 0 Å². The van der Waals surface area contributed by atoms with E-state index in [4.69, 9.17) is 0 Å². The van der Waals surface area contributed by atoms with Crippen LogP contribution in [0.15, 0.2) is 42.7 Å². The molecule has 1 aromatic carbocycles. The topological polar surface area (TPSA) is 53.5 Å². The summed E-state index contributed by atoms with van der Waals surface area (Å²) in [6.07, 6.45) is 5.35. The molecule has 2 saturated heterocycles. The maximum atomic E-state index is 14.0. The van der Waals surface area contributed by atoms with Crippen LogP contribution in [0, 0.1) is 17.6 Å². The van der Waals surface area contributed by atoms with Gasteiger partial charge in [0, 0.05) is 44.5 Å². The predicted octanol–water partition coefficient (Wildman–Crippen LogP) is 3.12. The Bertz CT molecular complexity index is 882. The minimum atomic E-state index is -0.792. The summed E-state index contributed by atoms with van der Waals surface area (Å²) in [6, 6.07) is 7.13. The summed E-state index contributed by atoms with van der Waals surface area (Å²) in [4.78, 5) is 32.3. The van der Waals surface area contributed by atoms with Gasteiger partial charge in [0.25, 0.3) is 0 Å². The Hall–Kier alpha value is -2.83. The van der Waals surface area contributed by atoms with Gasteiger partial charge < -0.3 is 9.80 Å². The van der Waals surface area contributed by atoms with Crippen LogP contribution in [0.5, 0.6) is 0 Å². The fraction of sp³-hybridized carbons (Fsp3) is 0.381. The van der Waals surface area contributed by atoms with Gasteiger partial charge in [-0.05, 0) is 48.6 Å². The smallest absolute Gasteiger partial charge is 0.228 e. The van der Waals surface area contributed by atoms with E-state index in [1.54, 1.807) is 17.3 Å². The molecule has 0 aliphatic carbocycles. The first-order valence-corrected chi connectivity index (χ1v) is 9.47. The van der Waals surface area contributed by atoms with E-state index in [1.807, 2.05) is 12.1 Å². The van der Waals surface area contributed by atoms with E-state index >= 15 is 0 Å². The van der Waals surface area contributed by atoms with Gasteiger partial charge in [-0.1, -0.05) is 0 Å². The number of hydrogen-bond acceptors (Lipinski definition) is 3. The molecule has 2 aliphatic heterocycles. The highest BCUT2D eigenvalue weighted by atomic mass is 19.1. The van der Waals surface area contributed by atoms with Crippen molar-refractivity contribution in [2.45, 2.75) is 25.2 Å². The van der Waals surface area contributed by atoms with Crippen molar-refractivity contribution in [3.8, 4) is 0 Å². The second kappa shape index (κ2) is 7.66. The first-order chi connectivity index (χ1) is 13.5. The number of pyridine rings is 1. The maximum absolute atomic E-state index is 14.0. The lowest BCUT2D eigenvalue weighted by Crippen LogP contribution is -2.42. The van der Waals surface area contributed by atoms with Crippen molar-refractivity contribution in [1.82, 2.24) is 9.88 Å². The molecule has 2 aromatic rings. The van der Waals surface area contributed by atoms with Crippen LogP contribution in [0.2, 0.25) is 0 Å². The van der Waals surface area contributed by atoms with Gasteiger partial charge in [0.2, 0.25) is 11.8 Å². The van der Waals surface area contributed by atoms with Crippen molar-refractivity contribution in [3.63, 3.8) is 0 Å². The minimum Gasteiger partial charge on any atom is -0.342 e. The Labute approximate surface area is 162 Å². The van der Waals surface area contributed by atoms with Gasteiger partial charge in [-0.2, -0.15) is 0 Å². The SMILES string of the molecule is O=C(C1CC(=O)N(c2ccc(F)cc2F)C1)N1CCC(c2ccncc2)CC1. The molecule has 2 fully saturated rings. The molecule has 7 heteroatoms. The zero-order chi connectivity index (χ0) is 19.7. The van der Waals surface area contributed by atoms with Gasteiger partial charge in [0.1, 0.15) is 11.6 Å². The zero-order valence-electron chi connectivity index (χ0n) is 15.4. The number of likely N-dealkylation sites (tertiary alicyclic amines) is 1. The molecule has 2 amide bonds. The number of amides is 2. The number of aromatic nitrogens is 1. The normalized spacial score (nSPS) is 20.6. The predicted molar refractivity (Wildman–Crippen MR) is 99.6 cm³/mol. The van der Waals surface area contributed by atoms with E-state index in [-0.39, 0.29) is 30.5 Å². The highest BCUT2D eigenvalue weighted by Gasteiger charge is 2.39. The van der Waals surface area contributed by atoms with Crippen LogP contribution in [0.3, 0.4) is 0 Å². The fourth-order valence-electron chi connectivity index (χ4n) is 4.13. The van der Waals surface area contributed by atoms with E-state index in [0.29, 0.717) is 19.0 Å². The number of benzene rings is 1. The Morgan fingerprint density at radius 3 is 2.46 bits per heavy atom. The standard InChI is InChI=1S/C21H21F2N3O2/c22-17-1-2-19(18(23)12-17)26-13-16(11-20(26)27)21(28)25-9-5-15(6-10-25)14-3-7-24-8-4-14/h1-4,7-8,12,15-16H,5-6,9-11,13H2. The largest absolute Gasteiger partial charge is 0.342 e. The summed E-state index contributed by atoms with van der Waals surface area (Å²) in [7, 11) is 0. The third kappa shape index (κ3) is 3.61. The molecular formula is C21H21F2N3O2. The average Bonchev–Trinajstić information content (AvgIpc) is 3.10. The maximum Gasteiger partial charge on any atom is 0.228 e. The fourth-order valence-corrected chi connectivity index (χ4v) is 4.13. The van der Waals surface area contributed by atoms with Crippen molar-refractivity contribution in [2.75, 3.05) is 24.5 Å². The number of rotatable bonds is 3. The molecule has 1 aromatic heterocycles. The summed E-state index contributed by atoms with van der Waals surface area (Å²) in [6.45, 7) is 1.41. The van der Waals surface area contributed by atoms with Crippen LogP contribution in [0.25, 0.3) is 0 Å². The average molecular weight is 385 g/mol. The van der Waals surface area contributed by atoms with Gasteiger partial charge in [0.15, 0.2) is 0 Å². The lowest BCUT2D eigenvalue weighted by molar-refractivity contribution is -0.136. The van der Waals surface area contributed by atoms with E-state index in [0.717, 1.165) is 25.0 Å². The van der Waals surface area contributed by atoms with Crippen molar-refractivity contribution in [2.24, 2.45) is 5.92 Å². The van der Waals surface area contributed by atoms with Gasteiger partial charge in [0.05, 0.1) is 11.6 Å². The summed E-state index contributed by atoms with van der Waals surface area (Å²) >= 11 is 0. The van der Waals surface area contributed by atoms with Gasteiger partial charge in [-0.25, -0.2) is 8.78 Å². The molecule has 146 valence electrons. The summed E-state index contributed by atoms with van der Waals surface area (Å²) in [5.41, 5.74) is 1.26. The van der Waals surface area contributed by atoms with Gasteiger partial charge in [-0.3, -0.25) is 14.6 Å². The van der Waals surface area contributed by atoms with Crippen LogP contribution < -0.4 is 4.90 Å². The monoisotopic (exact) mass is 385 g/mol. The third-order valence-electron chi connectivity index (χ3n) is 5.66. The Morgan fingerprint density at radius 2 is 1.79 bits per heavy atom. The third-order valence-corrected chi connectivity index (χ3v) is 5.66. The van der Waals surface area contributed by atoms with Crippen LogP contribution in [-0.2, 0) is 9.59 Å². The molecule has 0 spiro atoms. The number of nitrogens with zero attached hydrogens (tertiary/aromatic N) is 3. The number of hydrogen-bond donors (Lipinski definition) is 0. The Kier molecular flexibility index (Phi) is 5.07. The van der Waals surface area contributed by atoms with Crippen molar-refractivity contribution < 1.29 is 18.4 Å². The highest BCUT2D eigenvalue weighted by Crippen LogP contribution is 2.32. The molecule has 1 unspecified atom stereocenters. The van der Waals surface area contributed by atoms with E-state index in [1.165, 1.54) is 16.5 Å². The summed E-state index contributed by atoms with van der Waals surface area (Å²) in [5.74, 6) is -1.95. The van der Waals surface area contributed by atoms with E-state index < -0.39 is 17.6 Å². The Balaban J connectivity index is 1.39. The van der Waals surface area contributed by atoms with Gasteiger partial charge >= 0.3 is 0 Å². The lowest BCUT2D eigenvalue weighted by Gasteiger charge is -2.33. The highest BCUT2D eigenvalue weighted by molar-refractivity contribution is 6.00.